The van der Waals surface area contributed by atoms with E-state index < -0.39 is 5.41 Å². The number of hydrogen-bond donors (Lipinski definition) is 0. The third-order valence-electron chi connectivity index (χ3n) is 12.7. The molecule has 0 saturated carbocycles. The van der Waals surface area contributed by atoms with Gasteiger partial charge in [-0.3, -0.25) is 0 Å². The zero-order valence-electron chi connectivity index (χ0n) is 32.2. The average molecular weight is 728 g/mol. The zero-order chi connectivity index (χ0) is 38.1. The summed E-state index contributed by atoms with van der Waals surface area (Å²) in [6, 6.07) is 78.8. The summed E-state index contributed by atoms with van der Waals surface area (Å²) < 4.78 is 0. The van der Waals surface area contributed by atoms with Crippen molar-refractivity contribution in [1.29, 1.82) is 0 Å². The monoisotopic (exact) mass is 727 g/mol. The van der Waals surface area contributed by atoms with Gasteiger partial charge < -0.3 is 4.90 Å². The Labute approximate surface area is 335 Å². The van der Waals surface area contributed by atoms with E-state index in [4.69, 9.17) is 0 Å². The maximum absolute atomic E-state index is 2.54. The molecule has 0 aliphatic heterocycles. The van der Waals surface area contributed by atoms with Crippen LogP contribution >= 0.6 is 0 Å². The number of benzene rings is 9. The summed E-state index contributed by atoms with van der Waals surface area (Å²) in [5.74, 6) is 0. The topological polar surface area (TPSA) is 3.24 Å². The van der Waals surface area contributed by atoms with E-state index in [0.29, 0.717) is 0 Å². The molecule has 11 rings (SSSR count). The summed E-state index contributed by atoms with van der Waals surface area (Å²) in [7, 11) is 0. The van der Waals surface area contributed by atoms with Crippen LogP contribution in [0.3, 0.4) is 0 Å². The molecule has 0 spiro atoms. The van der Waals surface area contributed by atoms with Gasteiger partial charge in [0.05, 0.1) is 11.1 Å². The van der Waals surface area contributed by atoms with Crippen LogP contribution in [0.1, 0.15) is 47.2 Å². The second kappa shape index (κ2) is 12.8. The fourth-order valence-corrected chi connectivity index (χ4v) is 10.3. The van der Waals surface area contributed by atoms with Gasteiger partial charge in [-0.25, -0.2) is 0 Å². The van der Waals surface area contributed by atoms with Crippen LogP contribution in [0, 0.1) is 0 Å². The highest BCUT2D eigenvalue weighted by molar-refractivity contribution is 6.06. The van der Waals surface area contributed by atoms with Gasteiger partial charge in [0.25, 0.3) is 0 Å². The Kier molecular flexibility index (Phi) is 7.50. The molecule has 270 valence electrons. The molecule has 9 aromatic carbocycles. The lowest BCUT2D eigenvalue weighted by Crippen LogP contribution is -2.28. The van der Waals surface area contributed by atoms with Crippen LogP contribution in [0.25, 0.3) is 44.2 Å². The predicted octanol–water partition coefficient (Wildman–Crippen LogP) is 14.6. The van der Waals surface area contributed by atoms with Crippen molar-refractivity contribution in [2.45, 2.75) is 24.7 Å². The summed E-state index contributed by atoms with van der Waals surface area (Å²) in [6.45, 7) is 4.80. The normalized spacial score (nSPS) is 14.1. The first-order valence-electron chi connectivity index (χ1n) is 20.0. The first-order valence-corrected chi connectivity index (χ1v) is 20.0. The van der Waals surface area contributed by atoms with Crippen LogP contribution in [0.2, 0.25) is 0 Å². The molecule has 0 radical (unpaired) electrons. The van der Waals surface area contributed by atoms with Gasteiger partial charge in [0, 0.05) is 22.4 Å². The average Bonchev–Trinajstić information content (AvgIpc) is 3.71. The Morgan fingerprint density at radius 1 is 0.386 bits per heavy atom. The second-order valence-corrected chi connectivity index (χ2v) is 16.0. The SMILES string of the molecule is CC1(C)c2ccccc2-c2c(N(c3cccc(-c4ccccc4)c3)c3ccc4c(c3)C(c3ccccc3)(c3ccccc3)c3ccccc3-4)cc3ccccc3c21. The molecule has 1 heteroatoms. The highest BCUT2D eigenvalue weighted by Crippen LogP contribution is 2.60. The van der Waals surface area contributed by atoms with Gasteiger partial charge in [-0.2, -0.15) is 0 Å². The molecular weight excluding hydrogens is 687 g/mol. The van der Waals surface area contributed by atoms with E-state index >= 15 is 0 Å². The number of rotatable bonds is 6. The minimum absolute atomic E-state index is 0.186. The van der Waals surface area contributed by atoms with E-state index in [9.17, 15) is 0 Å². The molecule has 0 unspecified atom stereocenters. The molecule has 0 fully saturated rings. The number of anilines is 3. The largest absolute Gasteiger partial charge is 0.310 e. The van der Waals surface area contributed by atoms with Gasteiger partial charge >= 0.3 is 0 Å². The van der Waals surface area contributed by atoms with Crippen LogP contribution in [0.4, 0.5) is 17.1 Å². The van der Waals surface area contributed by atoms with Crippen LogP contribution in [0.15, 0.2) is 212 Å². The molecule has 0 aromatic heterocycles. The van der Waals surface area contributed by atoms with Gasteiger partial charge in [0.15, 0.2) is 0 Å². The predicted molar refractivity (Wildman–Crippen MR) is 239 cm³/mol. The van der Waals surface area contributed by atoms with Gasteiger partial charge in [0.2, 0.25) is 0 Å². The molecule has 0 N–H and O–H groups in total. The minimum atomic E-state index is -0.512. The van der Waals surface area contributed by atoms with Crippen LogP contribution in [-0.4, -0.2) is 0 Å². The Hall–Kier alpha value is -6.96. The molecule has 9 aromatic rings. The summed E-state index contributed by atoms with van der Waals surface area (Å²) >= 11 is 0. The van der Waals surface area contributed by atoms with E-state index in [-0.39, 0.29) is 5.41 Å². The smallest absolute Gasteiger partial charge is 0.0714 e. The maximum Gasteiger partial charge on any atom is 0.0714 e. The third kappa shape index (κ3) is 4.89. The van der Waals surface area contributed by atoms with Crippen LogP contribution in [0.5, 0.6) is 0 Å². The summed E-state index contributed by atoms with van der Waals surface area (Å²) in [4.78, 5) is 2.54. The Morgan fingerprint density at radius 2 is 0.947 bits per heavy atom. The van der Waals surface area contributed by atoms with E-state index in [0.717, 1.165) is 11.4 Å². The maximum atomic E-state index is 2.54. The summed E-state index contributed by atoms with van der Waals surface area (Å²) in [6.07, 6.45) is 0. The van der Waals surface area contributed by atoms with E-state index in [2.05, 4.69) is 231 Å². The number of fused-ring (bicyclic) bond motifs is 8. The Bertz CT molecular complexity index is 2940. The van der Waals surface area contributed by atoms with Crippen LogP contribution < -0.4 is 4.90 Å². The lowest BCUT2D eigenvalue weighted by Gasteiger charge is -2.35. The first-order chi connectivity index (χ1) is 28.0. The zero-order valence-corrected chi connectivity index (χ0v) is 32.2. The molecule has 2 aliphatic rings. The quantitative estimate of drug-likeness (QED) is 0.165. The molecule has 0 heterocycles. The first kappa shape index (κ1) is 33.4. The second-order valence-electron chi connectivity index (χ2n) is 16.0. The molecule has 0 bridgehead atoms. The van der Waals surface area contributed by atoms with Crippen molar-refractivity contribution in [1.82, 2.24) is 0 Å². The molecule has 2 aliphatic carbocycles. The minimum Gasteiger partial charge on any atom is -0.310 e. The van der Waals surface area contributed by atoms with Gasteiger partial charge in [-0.05, 0) is 102 Å². The molecular formula is C56H41N. The Balaban J connectivity index is 1.25. The van der Waals surface area contributed by atoms with Crippen molar-refractivity contribution in [3.63, 3.8) is 0 Å². The molecule has 1 nitrogen and oxygen atoms in total. The van der Waals surface area contributed by atoms with Crippen molar-refractivity contribution in [2.24, 2.45) is 0 Å². The number of hydrogen-bond acceptors (Lipinski definition) is 1. The van der Waals surface area contributed by atoms with Gasteiger partial charge in [0.1, 0.15) is 0 Å². The van der Waals surface area contributed by atoms with Crippen molar-refractivity contribution < 1.29 is 0 Å². The lowest BCUT2D eigenvalue weighted by molar-refractivity contribution is 0.666. The molecule has 57 heavy (non-hydrogen) atoms. The standard InChI is InChI=1S/C56H41N/c1-55(2)49-31-16-15-30-48(49)53-52(36-40-21-12-13-28-45(40)54(53)55)57(43-27-18-22-39(35-43)38-19-6-3-7-20-38)44-33-34-47-46-29-14-17-32-50(46)56(51(47)37-44,41-23-8-4-9-24-41)42-25-10-5-11-26-42/h3-37H,1-2H3. The lowest BCUT2D eigenvalue weighted by atomic mass is 9.67. The summed E-state index contributed by atoms with van der Waals surface area (Å²) in [5.41, 5.74) is 18.2. The van der Waals surface area contributed by atoms with Crippen molar-refractivity contribution in [3.8, 4) is 33.4 Å². The van der Waals surface area contributed by atoms with Gasteiger partial charge in [-0.15, -0.1) is 0 Å². The van der Waals surface area contributed by atoms with Crippen LogP contribution in [-0.2, 0) is 10.8 Å². The fourth-order valence-electron chi connectivity index (χ4n) is 10.3. The molecule has 0 amide bonds. The highest BCUT2D eigenvalue weighted by atomic mass is 15.1. The van der Waals surface area contributed by atoms with E-state index in [1.54, 1.807) is 0 Å². The molecule has 0 saturated heterocycles. The fraction of sp³-hybridized carbons (Fsp3) is 0.0714. The van der Waals surface area contributed by atoms with E-state index in [1.807, 2.05) is 0 Å². The van der Waals surface area contributed by atoms with Gasteiger partial charge in [-0.1, -0.05) is 196 Å². The molecule has 0 atom stereocenters. The van der Waals surface area contributed by atoms with Crippen molar-refractivity contribution >= 4 is 27.8 Å². The van der Waals surface area contributed by atoms with Crippen molar-refractivity contribution in [3.05, 3.63) is 246 Å². The summed E-state index contributed by atoms with van der Waals surface area (Å²) in [5, 5.41) is 2.56. The Morgan fingerprint density at radius 3 is 1.68 bits per heavy atom. The van der Waals surface area contributed by atoms with Crippen molar-refractivity contribution in [2.75, 3.05) is 4.90 Å². The number of nitrogens with zero attached hydrogens (tertiary/aromatic N) is 1. The highest BCUT2D eigenvalue weighted by Gasteiger charge is 2.46. The third-order valence-corrected chi connectivity index (χ3v) is 12.7. The van der Waals surface area contributed by atoms with E-state index in [1.165, 1.54) is 83.2 Å².